The predicted molar refractivity (Wildman–Crippen MR) is 128 cm³/mol. The van der Waals surface area contributed by atoms with Gasteiger partial charge in [-0.3, -0.25) is 9.36 Å². The summed E-state index contributed by atoms with van der Waals surface area (Å²) in [4.78, 5) is 17.5. The molecule has 1 aromatic heterocycles. The predicted octanol–water partition coefficient (Wildman–Crippen LogP) is 5.08. The van der Waals surface area contributed by atoms with Gasteiger partial charge >= 0.3 is 5.97 Å². The summed E-state index contributed by atoms with van der Waals surface area (Å²) in [7, 11) is -2.75. The van der Waals surface area contributed by atoms with Crippen LogP contribution in [0.5, 0.6) is 0 Å². The highest BCUT2D eigenvalue weighted by Crippen LogP contribution is 2.36. The summed E-state index contributed by atoms with van der Waals surface area (Å²) >= 11 is 3.53. The van der Waals surface area contributed by atoms with Crippen LogP contribution in [0.15, 0.2) is 99.6 Å². The standard InChI is InChI=1S/C25H21BrN2O4S/c1-17-12-14-19(15-13-17)33(30,31)24-23(22(25(29)32-2)18-8-4-3-5-9-18)28(16-27-24)21-11-7-6-10-20(21)26/h3-16,22H,1-2H3. The lowest BCUT2D eigenvalue weighted by molar-refractivity contribution is -0.141. The summed E-state index contributed by atoms with van der Waals surface area (Å²) in [6.07, 6.45) is 1.43. The summed E-state index contributed by atoms with van der Waals surface area (Å²) < 4.78 is 34.9. The van der Waals surface area contributed by atoms with E-state index in [4.69, 9.17) is 4.74 Å². The second-order valence-corrected chi connectivity index (χ2v) is 10.2. The number of ether oxygens (including phenoxy) is 1. The van der Waals surface area contributed by atoms with Crippen molar-refractivity contribution in [2.45, 2.75) is 22.8 Å². The van der Waals surface area contributed by atoms with Crippen LogP contribution in [0.25, 0.3) is 5.69 Å². The molecule has 0 fully saturated rings. The van der Waals surface area contributed by atoms with Crippen molar-refractivity contribution < 1.29 is 17.9 Å². The molecule has 0 aliphatic rings. The third-order valence-electron chi connectivity index (χ3n) is 5.31. The Labute approximate surface area is 200 Å². The molecule has 0 aliphatic carbocycles. The van der Waals surface area contributed by atoms with Gasteiger partial charge in [0.1, 0.15) is 12.2 Å². The van der Waals surface area contributed by atoms with Gasteiger partial charge in [-0.1, -0.05) is 60.2 Å². The van der Waals surface area contributed by atoms with Crippen molar-refractivity contribution in [2.24, 2.45) is 0 Å². The molecular weight excluding hydrogens is 504 g/mol. The van der Waals surface area contributed by atoms with Crippen molar-refractivity contribution in [3.8, 4) is 5.69 Å². The minimum Gasteiger partial charge on any atom is -0.468 e. The van der Waals surface area contributed by atoms with Crippen molar-refractivity contribution in [3.05, 3.63) is 106 Å². The van der Waals surface area contributed by atoms with E-state index in [9.17, 15) is 13.2 Å². The van der Waals surface area contributed by atoms with Gasteiger partial charge in [-0.25, -0.2) is 13.4 Å². The molecule has 0 aliphatic heterocycles. The molecule has 0 saturated carbocycles. The molecule has 0 N–H and O–H groups in total. The van der Waals surface area contributed by atoms with Gasteiger partial charge in [0.25, 0.3) is 0 Å². The van der Waals surface area contributed by atoms with E-state index in [2.05, 4.69) is 20.9 Å². The van der Waals surface area contributed by atoms with Crippen LogP contribution in [0.4, 0.5) is 0 Å². The van der Waals surface area contributed by atoms with E-state index in [0.717, 1.165) is 10.0 Å². The second-order valence-electron chi connectivity index (χ2n) is 7.44. The van der Waals surface area contributed by atoms with Crippen LogP contribution in [0, 0.1) is 6.92 Å². The van der Waals surface area contributed by atoms with Crippen molar-refractivity contribution in [2.75, 3.05) is 7.11 Å². The molecule has 1 atom stereocenters. The Morgan fingerprint density at radius 3 is 2.24 bits per heavy atom. The minimum absolute atomic E-state index is 0.100. The molecule has 0 spiro atoms. The molecule has 0 radical (unpaired) electrons. The Bertz CT molecular complexity index is 1400. The maximum absolute atomic E-state index is 13.7. The van der Waals surface area contributed by atoms with Crippen LogP contribution in [-0.4, -0.2) is 31.0 Å². The van der Waals surface area contributed by atoms with E-state index < -0.39 is 21.7 Å². The van der Waals surface area contributed by atoms with E-state index in [1.165, 1.54) is 13.4 Å². The molecule has 6 nitrogen and oxygen atoms in total. The van der Waals surface area contributed by atoms with Crippen LogP contribution in [0.2, 0.25) is 0 Å². The van der Waals surface area contributed by atoms with E-state index in [-0.39, 0.29) is 15.6 Å². The number of sulfone groups is 1. The molecule has 1 heterocycles. The van der Waals surface area contributed by atoms with Gasteiger partial charge < -0.3 is 4.74 Å². The lowest BCUT2D eigenvalue weighted by Crippen LogP contribution is -2.21. The zero-order valence-electron chi connectivity index (χ0n) is 18.0. The zero-order chi connectivity index (χ0) is 23.6. The summed E-state index contributed by atoms with van der Waals surface area (Å²) in [5, 5.41) is -0.193. The highest BCUT2D eigenvalue weighted by atomic mass is 79.9. The fourth-order valence-electron chi connectivity index (χ4n) is 3.65. The van der Waals surface area contributed by atoms with E-state index >= 15 is 0 Å². The number of aromatic nitrogens is 2. The Morgan fingerprint density at radius 1 is 0.970 bits per heavy atom. The Morgan fingerprint density at radius 2 is 1.61 bits per heavy atom. The number of hydrogen-bond donors (Lipinski definition) is 0. The molecule has 3 aromatic carbocycles. The largest absolute Gasteiger partial charge is 0.468 e. The molecule has 33 heavy (non-hydrogen) atoms. The average Bonchev–Trinajstić information content (AvgIpc) is 3.25. The molecular formula is C25H21BrN2O4S. The summed E-state index contributed by atoms with van der Waals surface area (Å²) in [5.74, 6) is -1.60. The third kappa shape index (κ3) is 4.36. The SMILES string of the molecule is COC(=O)C(c1ccccc1)c1c(S(=O)(=O)c2ccc(C)cc2)ncn1-c1ccccc1Br. The Kier molecular flexibility index (Phi) is 6.49. The van der Waals surface area contributed by atoms with E-state index in [1.807, 2.05) is 37.3 Å². The number of carbonyl (C=O) groups excluding carboxylic acids is 1. The summed E-state index contributed by atoms with van der Waals surface area (Å²) in [6.45, 7) is 1.88. The Balaban J connectivity index is 2.04. The lowest BCUT2D eigenvalue weighted by Gasteiger charge is -2.20. The van der Waals surface area contributed by atoms with Crippen LogP contribution >= 0.6 is 15.9 Å². The summed E-state index contributed by atoms with van der Waals surface area (Å²) in [6, 6.07) is 22.8. The van der Waals surface area contributed by atoms with Crippen LogP contribution in [-0.2, 0) is 19.4 Å². The number of hydrogen-bond acceptors (Lipinski definition) is 5. The topological polar surface area (TPSA) is 78.3 Å². The fourth-order valence-corrected chi connectivity index (χ4v) is 5.52. The van der Waals surface area contributed by atoms with Crippen LogP contribution in [0.3, 0.4) is 0 Å². The third-order valence-corrected chi connectivity index (χ3v) is 7.70. The molecule has 0 bridgehead atoms. The second kappa shape index (κ2) is 9.33. The minimum atomic E-state index is -4.04. The molecule has 168 valence electrons. The quantitative estimate of drug-likeness (QED) is 0.328. The number of nitrogens with zero attached hydrogens (tertiary/aromatic N) is 2. The van der Waals surface area contributed by atoms with Crippen molar-refractivity contribution in [1.82, 2.24) is 9.55 Å². The number of aryl methyl sites for hydroxylation is 1. The number of carbonyl (C=O) groups is 1. The van der Waals surface area contributed by atoms with Gasteiger partial charge in [-0.2, -0.15) is 0 Å². The summed E-state index contributed by atoms with van der Waals surface area (Å²) in [5.41, 5.74) is 2.39. The maximum atomic E-state index is 13.7. The zero-order valence-corrected chi connectivity index (χ0v) is 20.4. The fraction of sp³-hybridized carbons (Fsp3) is 0.120. The van der Waals surface area contributed by atoms with Crippen LogP contribution in [0.1, 0.15) is 22.7 Å². The average molecular weight is 525 g/mol. The van der Waals surface area contributed by atoms with E-state index in [0.29, 0.717) is 11.3 Å². The normalized spacial score (nSPS) is 12.3. The molecule has 4 rings (SSSR count). The van der Waals surface area contributed by atoms with Crippen molar-refractivity contribution in [3.63, 3.8) is 0 Å². The number of imidazole rings is 1. The number of esters is 1. The molecule has 0 saturated heterocycles. The molecule has 8 heteroatoms. The smallest absolute Gasteiger partial charge is 0.319 e. The first kappa shape index (κ1) is 22.9. The van der Waals surface area contributed by atoms with Gasteiger partial charge in [-0.15, -0.1) is 0 Å². The Hall–Kier alpha value is -3.23. The number of rotatable bonds is 6. The van der Waals surface area contributed by atoms with Crippen molar-refractivity contribution in [1.29, 1.82) is 0 Å². The lowest BCUT2D eigenvalue weighted by atomic mass is 9.96. The highest BCUT2D eigenvalue weighted by molar-refractivity contribution is 9.10. The monoisotopic (exact) mass is 524 g/mol. The first-order valence-electron chi connectivity index (χ1n) is 10.1. The number of halogens is 1. The number of para-hydroxylation sites is 1. The van der Waals surface area contributed by atoms with Gasteiger partial charge in [0.2, 0.25) is 9.84 Å². The van der Waals surface area contributed by atoms with Gasteiger partial charge in [0, 0.05) is 4.47 Å². The van der Waals surface area contributed by atoms with E-state index in [1.54, 1.807) is 53.1 Å². The number of methoxy groups -OCH3 is 1. The maximum Gasteiger partial charge on any atom is 0.319 e. The van der Waals surface area contributed by atoms with Gasteiger partial charge in [0.05, 0.1) is 23.4 Å². The first-order valence-corrected chi connectivity index (χ1v) is 12.4. The van der Waals surface area contributed by atoms with Crippen LogP contribution < -0.4 is 0 Å². The first-order chi connectivity index (χ1) is 15.8. The molecule has 0 amide bonds. The highest BCUT2D eigenvalue weighted by Gasteiger charge is 2.36. The number of benzene rings is 3. The molecule has 4 aromatic rings. The van der Waals surface area contributed by atoms with Crippen molar-refractivity contribution >= 4 is 31.7 Å². The van der Waals surface area contributed by atoms with Gasteiger partial charge in [0.15, 0.2) is 5.03 Å². The molecule has 1 unspecified atom stereocenters. The van der Waals surface area contributed by atoms with Gasteiger partial charge in [-0.05, 0) is 52.7 Å².